The average molecular weight is 431 g/mol. The van der Waals surface area contributed by atoms with Crippen LogP contribution in [0.5, 0.6) is 0 Å². The molecule has 0 aliphatic heterocycles. The van der Waals surface area contributed by atoms with Crippen molar-refractivity contribution >= 4 is 23.1 Å². The van der Waals surface area contributed by atoms with Gasteiger partial charge >= 0.3 is 0 Å². The lowest BCUT2D eigenvalue weighted by atomic mass is 10.0. The molecule has 3 heterocycles. The number of amides is 1. The van der Waals surface area contributed by atoms with E-state index in [1.54, 1.807) is 35.7 Å². The number of anilines is 1. The molecule has 1 aromatic carbocycles. The molecule has 7 heteroatoms. The van der Waals surface area contributed by atoms with E-state index in [0.717, 1.165) is 15.8 Å². The Balaban J connectivity index is 1.57. The Labute approximate surface area is 189 Å². The fourth-order valence-corrected chi connectivity index (χ4v) is 3.58. The van der Waals surface area contributed by atoms with Gasteiger partial charge in [-0.25, -0.2) is 4.98 Å². The molecule has 154 valence electrons. The molecule has 0 unspecified atom stereocenters. The van der Waals surface area contributed by atoms with Gasteiger partial charge in [0, 0.05) is 52.3 Å². The third-order valence-corrected chi connectivity index (χ3v) is 5.43. The minimum Gasteiger partial charge on any atom is -0.383 e. The van der Waals surface area contributed by atoms with Crippen LogP contribution in [0.2, 0.25) is 0 Å². The fourth-order valence-electron chi connectivity index (χ4n) is 2.92. The number of carbonyl (C=O) groups is 1. The lowest BCUT2D eigenvalue weighted by Gasteiger charge is -2.06. The monoisotopic (exact) mass is 430 g/mol. The summed E-state index contributed by atoms with van der Waals surface area (Å²) in [5.74, 6) is 6.19. The molecule has 0 bridgehead atoms. The normalized spacial score (nSPS) is 12.2. The molecule has 0 fully saturated rings. The number of benzene rings is 1. The van der Waals surface area contributed by atoms with Gasteiger partial charge in [-0.3, -0.25) is 9.48 Å². The summed E-state index contributed by atoms with van der Waals surface area (Å²) in [5.41, 5.74) is 10.9. The lowest BCUT2D eigenvalue weighted by Crippen LogP contribution is -2.22. The second-order valence-electron chi connectivity index (χ2n) is 6.92. The number of nitrogens with zero attached hydrogens (tertiary/aromatic N) is 3. The molecule has 4 rings (SSSR count). The second-order valence-corrected chi connectivity index (χ2v) is 7.70. The Morgan fingerprint density at radius 1 is 1.23 bits per heavy atom. The van der Waals surface area contributed by atoms with Crippen LogP contribution >= 0.6 is 11.3 Å². The van der Waals surface area contributed by atoms with E-state index < -0.39 is 6.98 Å². The van der Waals surface area contributed by atoms with Crippen molar-refractivity contribution in [3.05, 3.63) is 87.5 Å². The number of rotatable bonds is 4. The van der Waals surface area contributed by atoms with E-state index in [9.17, 15) is 4.79 Å². The summed E-state index contributed by atoms with van der Waals surface area (Å²) in [4.78, 5) is 16.8. The molecule has 6 nitrogen and oxygen atoms in total. The molecule has 0 saturated heterocycles. The molecule has 0 aliphatic rings. The van der Waals surface area contributed by atoms with Gasteiger partial charge in [0.2, 0.25) is 0 Å². The lowest BCUT2D eigenvalue weighted by molar-refractivity contribution is 0.0951. The van der Waals surface area contributed by atoms with E-state index in [1.165, 1.54) is 12.4 Å². The van der Waals surface area contributed by atoms with Gasteiger partial charge in [0.25, 0.3) is 5.91 Å². The van der Waals surface area contributed by atoms with E-state index >= 15 is 0 Å². The van der Waals surface area contributed by atoms with E-state index in [-0.39, 0.29) is 11.7 Å². The van der Waals surface area contributed by atoms with Crippen molar-refractivity contribution in [3.8, 4) is 23.0 Å². The first-order valence-corrected chi connectivity index (χ1v) is 10.4. The predicted molar refractivity (Wildman–Crippen MR) is 123 cm³/mol. The first-order chi connectivity index (χ1) is 16.2. The highest BCUT2D eigenvalue weighted by atomic mass is 32.1. The number of thiophene rings is 1. The van der Waals surface area contributed by atoms with Crippen molar-refractivity contribution in [2.45, 2.75) is 13.5 Å². The number of nitrogen functional groups attached to an aromatic ring is 1. The van der Waals surface area contributed by atoms with Gasteiger partial charge in [-0.2, -0.15) is 16.4 Å². The first-order valence-electron chi connectivity index (χ1n) is 10.9. The van der Waals surface area contributed by atoms with Gasteiger partial charge in [-0.15, -0.1) is 0 Å². The summed E-state index contributed by atoms with van der Waals surface area (Å²) in [6.45, 7) is 0.0174. The third kappa shape index (κ3) is 4.82. The maximum Gasteiger partial charge on any atom is 0.251 e. The van der Waals surface area contributed by atoms with Crippen LogP contribution in [0.1, 0.15) is 36.7 Å². The minimum atomic E-state index is -2.36. The van der Waals surface area contributed by atoms with E-state index in [4.69, 9.17) is 9.85 Å². The summed E-state index contributed by atoms with van der Waals surface area (Å²) in [7, 11) is 0. The molecule has 3 aromatic heterocycles. The Morgan fingerprint density at radius 3 is 2.87 bits per heavy atom. The fraction of sp³-hybridized carbons (Fsp3) is 0.125. The number of nitrogens with one attached hydrogen (secondary N) is 1. The summed E-state index contributed by atoms with van der Waals surface area (Å²) < 4.78 is 23.3. The molecule has 0 saturated carbocycles. The van der Waals surface area contributed by atoms with Crippen molar-refractivity contribution in [2.24, 2.45) is 6.98 Å². The number of carbonyl (C=O) groups excluding carboxylic acids is 1. The van der Waals surface area contributed by atoms with Crippen LogP contribution in [0, 0.1) is 18.8 Å². The second kappa shape index (κ2) is 8.86. The molecule has 0 spiro atoms. The van der Waals surface area contributed by atoms with Gasteiger partial charge < -0.3 is 11.1 Å². The number of nitrogens with two attached hydrogens (primary N) is 1. The zero-order valence-corrected chi connectivity index (χ0v) is 17.5. The number of aromatic nitrogens is 3. The van der Waals surface area contributed by atoms with Crippen LogP contribution in [0.15, 0.2) is 59.7 Å². The molecule has 1 amide bonds. The summed E-state index contributed by atoms with van der Waals surface area (Å²) in [6, 6.07) is 9.08. The van der Waals surface area contributed by atoms with Crippen LogP contribution in [-0.4, -0.2) is 20.7 Å². The van der Waals surface area contributed by atoms with Crippen LogP contribution < -0.4 is 11.1 Å². The molecule has 31 heavy (non-hydrogen) atoms. The Kier molecular flexibility index (Phi) is 4.82. The topological polar surface area (TPSA) is 85.8 Å². The number of aryl methyl sites for hydroxylation is 2. The van der Waals surface area contributed by atoms with Crippen molar-refractivity contribution in [2.75, 3.05) is 5.73 Å². The van der Waals surface area contributed by atoms with E-state index in [0.29, 0.717) is 34.4 Å². The molecular weight excluding hydrogens is 406 g/mol. The number of hydrogen-bond donors (Lipinski definition) is 2. The zero-order chi connectivity index (χ0) is 24.3. The van der Waals surface area contributed by atoms with Gasteiger partial charge in [0.15, 0.2) is 0 Å². The predicted octanol–water partition coefficient (Wildman–Crippen LogP) is 3.76. The maximum atomic E-state index is 12.6. The van der Waals surface area contributed by atoms with Gasteiger partial charge in [0.05, 0.1) is 11.8 Å². The Bertz CT molecular complexity index is 1400. The SMILES string of the molecule is [2H]C([2H])([2H])n1cc(-c2cnc(N)c(C#Cc3cc(C(=O)NCc4ccsc4)ccc3C)c2)cn1. The standard InChI is InChI=1S/C24H21N5OS/c1-16-3-4-20(24(30)27-11-17-7-8-31-15-17)9-18(16)5-6-19-10-21(12-26-23(19)25)22-13-28-29(2)14-22/h3-4,7-10,12-15H,11H2,1-2H3,(H2,25,26)(H,27,30)/i2D3. The summed E-state index contributed by atoms with van der Waals surface area (Å²) in [6.07, 6.45) is 4.43. The van der Waals surface area contributed by atoms with Crippen LogP contribution in [0.3, 0.4) is 0 Å². The molecule has 0 aliphatic carbocycles. The van der Waals surface area contributed by atoms with Crippen LogP contribution in [-0.2, 0) is 13.5 Å². The number of pyridine rings is 1. The van der Waals surface area contributed by atoms with Crippen molar-refractivity contribution in [3.63, 3.8) is 0 Å². The van der Waals surface area contributed by atoms with Gasteiger partial charge in [0.1, 0.15) is 5.82 Å². The van der Waals surface area contributed by atoms with E-state index in [2.05, 4.69) is 27.2 Å². The molecular formula is C24H21N5OS. The van der Waals surface area contributed by atoms with Crippen LogP contribution in [0.25, 0.3) is 11.1 Å². The minimum absolute atomic E-state index is 0.177. The maximum absolute atomic E-state index is 12.6. The highest BCUT2D eigenvalue weighted by molar-refractivity contribution is 7.07. The van der Waals surface area contributed by atoms with Crippen molar-refractivity contribution < 1.29 is 8.91 Å². The van der Waals surface area contributed by atoms with Gasteiger partial charge in [-0.05, 0) is 53.1 Å². The number of hydrogen-bond acceptors (Lipinski definition) is 5. The van der Waals surface area contributed by atoms with E-state index in [1.807, 2.05) is 29.8 Å². The third-order valence-electron chi connectivity index (χ3n) is 4.70. The molecule has 4 aromatic rings. The van der Waals surface area contributed by atoms with Crippen molar-refractivity contribution in [1.82, 2.24) is 20.1 Å². The van der Waals surface area contributed by atoms with Crippen LogP contribution in [0.4, 0.5) is 5.82 Å². The first kappa shape index (κ1) is 16.9. The largest absolute Gasteiger partial charge is 0.383 e. The smallest absolute Gasteiger partial charge is 0.251 e. The highest BCUT2D eigenvalue weighted by Gasteiger charge is 2.08. The zero-order valence-electron chi connectivity index (χ0n) is 19.7. The summed E-state index contributed by atoms with van der Waals surface area (Å²) in [5, 5.41) is 10.8. The molecule has 0 radical (unpaired) electrons. The van der Waals surface area contributed by atoms with Gasteiger partial charge in [-0.1, -0.05) is 17.9 Å². The highest BCUT2D eigenvalue weighted by Crippen LogP contribution is 2.21. The Hall–Kier alpha value is -3.89. The average Bonchev–Trinajstić information content (AvgIpc) is 3.50. The Morgan fingerprint density at radius 2 is 2.10 bits per heavy atom. The molecule has 3 N–H and O–H groups in total. The molecule has 0 atom stereocenters. The quantitative estimate of drug-likeness (QED) is 0.483. The van der Waals surface area contributed by atoms with Crippen molar-refractivity contribution in [1.29, 1.82) is 0 Å². The summed E-state index contributed by atoms with van der Waals surface area (Å²) >= 11 is 1.58.